The van der Waals surface area contributed by atoms with E-state index in [1.165, 1.54) is 0 Å². The van der Waals surface area contributed by atoms with Crippen molar-refractivity contribution in [1.82, 2.24) is 0 Å². The Morgan fingerprint density at radius 2 is 1.29 bits per heavy atom. The van der Waals surface area contributed by atoms with Gasteiger partial charge < -0.3 is 9.84 Å². The Kier molecular flexibility index (Phi) is 7.35. The van der Waals surface area contributed by atoms with Crippen molar-refractivity contribution in [3.8, 4) is 11.5 Å². The maximum absolute atomic E-state index is 14.0. The SMILES string of the molecule is CCCc1cc(OC)cc(C(=O)C=P(c2ccccc2)(c2ccccc2)c2ccccc2)c1O. The molecule has 0 aliphatic rings. The van der Waals surface area contributed by atoms with Crippen molar-refractivity contribution < 1.29 is 14.6 Å². The Morgan fingerprint density at radius 1 is 0.824 bits per heavy atom. The summed E-state index contributed by atoms with van der Waals surface area (Å²) in [5.74, 6) is 2.24. The molecule has 0 unspecified atom stereocenters. The second kappa shape index (κ2) is 10.6. The molecule has 0 radical (unpaired) electrons. The minimum absolute atomic E-state index is 0.0381. The molecule has 0 atom stereocenters. The van der Waals surface area contributed by atoms with E-state index in [-0.39, 0.29) is 17.1 Å². The standard InChI is InChI=1S/C30H29O3P/c1-3-13-23-20-24(33-2)21-28(30(23)32)29(31)22-34(25-14-7-4-8-15-25,26-16-9-5-10-17-26)27-18-11-6-12-19-27/h4-12,14-22,32H,3,13H2,1-2H3. The number of carbonyl (C=O) groups is 1. The fraction of sp³-hybridized carbons (Fsp3) is 0.133. The first-order chi connectivity index (χ1) is 16.6. The number of ether oxygens (including phenoxy) is 1. The maximum atomic E-state index is 14.0. The maximum Gasteiger partial charge on any atom is 0.190 e. The lowest BCUT2D eigenvalue weighted by molar-refractivity contribution is 0.107. The molecule has 0 saturated carbocycles. The zero-order chi connectivity index (χ0) is 24.0. The van der Waals surface area contributed by atoms with E-state index in [9.17, 15) is 9.90 Å². The van der Waals surface area contributed by atoms with Crippen LogP contribution in [-0.4, -0.2) is 23.8 Å². The summed E-state index contributed by atoms with van der Waals surface area (Å²) in [6, 6.07) is 34.0. The van der Waals surface area contributed by atoms with E-state index in [4.69, 9.17) is 4.74 Å². The number of phenols is 1. The molecule has 0 fully saturated rings. The summed E-state index contributed by atoms with van der Waals surface area (Å²) >= 11 is 0. The van der Waals surface area contributed by atoms with Crippen LogP contribution < -0.4 is 20.7 Å². The lowest BCUT2D eigenvalue weighted by Crippen LogP contribution is -2.28. The van der Waals surface area contributed by atoms with Gasteiger partial charge in [-0.2, -0.15) is 0 Å². The minimum Gasteiger partial charge on any atom is -0.507 e. The first-order valence-electron chi connectivity index (χ1n) is 11.5. The van der Waals surface area contributed by atoms with Crippen LogP contribution in [0.4, 0.5) is 0 Å². The van der Waals surface area contributed by atoms with Gasteiger partial charge in [-0.3, -0.25) is 4.79 Å². The van der Waals surface area contributed by atoms with Gasteiger partial charge in [-0.25, -0.2) is 0 Å². The third kappa shape index (κ3) is 4.58. The molecule has 0 heterocycles. The van der Waals surface area contributed by atoms with Crippen LogP contribution >= 0.6 is 6.89 Å². The highest BCUT2D eigenvalue weighted by atomic mass is 31.2. The lowest BCUT2D eigenvalue weighted by atomic mass is 10.0. The van der Waals surface area contributed by atoms with Crippen molar-refractivity contribution in [2.75, 3.05) is 7.11 Å². The summed E-state index contributed by atoms with van der Waals surface area (Å²) < 4.78 is 5.46. The summed E-state index contributed by atoms with van der Waals surface area (Å²) in [4.78, 5) is 14.0. The molecule has 4 rings (SSSR count). The number of methoxy groups -OCH3 is 1. The summed E-state index contributed by atoms with van der Waals surface area (Å²) in [5, 5.41) is 14.3. The fourth-order valence-electron chi connectivity index (χ4n) is 4.34. The topological polar surface area (TPSA) is 46.5 Å². The lowest BCUT2D eigenvalue weighted by Gasteiger charge is -2.28. The molecule has 4 heteroatoms. The highest BCUT2D eigenvalue weighted by Gasteiger charge is 2.27. The van der Waals surface area contributed by atoms with Gasteiger partial charge in [0, 0.05) is 0 Å². The minimum atomic E-state index is -2.48. The number of ketones is 1. The smallest absolute Gasteiger partial charge is 0.190 e. The quantitative estimate of drug-likeness (QED) is 0.281. The number of carbonyl (C=O) groups excluding carboxylic acids is 1. The van der Waals surface area contributed by atoms with Crippen molar-refractivity contribution in [3.05, 3.63) is 114 Å². The summed E-state index contributed by atoms with van der Waals surface area (Å²) in [6.07, 6.45) is 1.52. The van der Waals surface area contributed by atoms with E-state index < -0.39 is 6.89 Å². The second-order valence-corrected chi connectivity index (χ2v) is 11.4. The summed E-state index contributed by atoms with van der Waals surface area (Å²) in [6.45, 7) is -0.430. The van der Waals surface area contributed by atoms with E-state index in [1.807, 2.05) is 73.4 Å². The number of Topliss-reactive ketones (excluding diaryl/α,β-unsaturated/α-hetero) is 1. The van der Waals surface area contributed by atoms with Crippen LogP contribution in [0.25, 0.3) is 0 Å². The molecule has 3 nitrogen and oxygen atoms in total. The number of aromatic hydroxyl groups is 1. The number of hydrogen-bond donors (Lipinski definition) is 1. The number of benzene rings is 4. The Morgan fingerprint density at radius 3 is 1.71 bits per heavy atom. The molecule has 1 N–H and O–H groups in total. The monoisotopic (exact) mass is 468 g/mol. The zero-order valence-corrected chi connectivity index (χ0v) is 20.4. The highest BCUT2D eigenvalue weighted by molar-refractivity contribution is 7.95. The normalized spacial score (nSPS) is 11.1. The van der Waals surface area contributed by atoms with Gasteiger partial charge in [0.1, 0.15) is 11.5 Å². The number of phenolic OH excluding ortho intramolecular Hbond substituents is 1. The molecule has 0 saturated heterocycles. The third-order valence-corrected chi connectivity index (χ3v) is 9.94. The Labute approximate surface area is 201 Å². The van der Waals surface area contributed by atoms with Crippen LogP contribution in [0.2, 0.25) is 0 Å². The van der Waals surface area contributed by atoms with Crippen LogP contribution in [0.15, 0.2) is 103 Å². The highest BCUT2D eigenvalue weighted by Crippen LogP contribution is 2.44. The second-order valence-electron chi connectivity index (χ2n) is 8.16. The molecule has 0 bridgehead atoms. The Hall–Kier alpha value is -3.55. The van der Waals surface area contributed by atoms with Gasteiger partial charge in [-0.1, -0.05) is 104 Å². The third-order valence-electron chi connectivity index (χ3n) is 5.98. The molecule has 172 valence electrons. The Balaban J connectivity index is 2.05. The van der Waals surface area contributed by atoms with Crippen LogP contribution in [0, 0.1) is 0 Å². The van der Waals surface area contributed by atoms with Crippen molar-refractivity contribution in [2.24, 2.45) is 0 Å². The average Bonchev–Trinajstić information content (AvgIpc) is 2.90. The van der Waals surface area contributed by atoms with Crippen molar-refractivity contribution in [2.45, 2.75) is 19.8 Å². The van der Waals surface area contributed by atoms with Crippen molar-refractivity contribution in [3.63, 3.8) is 0 Å². The number of aryl methyl sites for hydroxylation is 1. The fourth-order valence-corrected chi connectivity index (χ4v) is 8.10. The predicted octanol–water partition coefficient (Wildman–Crippen LogP) is 5.33. The molecule has 4 aromatic carbocycles. The van der Waals surface area contributed by atoms with Crippen LogP contribution in [0.1, 0.15) is 29.3 Å². The summed E-state index contributed by atoms with van der Waals surface area (Å²) in [5.41, 5.74) is 0.997. The molecule has 0 aliphatic heterocycles. The van der Waals surface area contributed by atoms with Crippen LogP contribution in [0.5, 0.6) is 11.5 Å². The number of rotatable bonds is 8. The molecule has 34 heavy (non-hydrogen) atoms. The first kappa shape index (κ1) is 23.6. The average molecular weight is 469 g/mol. The summed E-state index contributed by atoms with van der Waals surface area (Å²) in [7, 11) is 1.58. The molecule has 4 aromatic rings. The van der Waals surface area contributed by atoms with Gasteiger partial charge in [0.15, 0.2) is 5.78 Å². The van der Waals surface area contributed by atoms with E-state index >= 15 is 0 Å². The van der Waals surface area contributed by atoms with Gasteiger partial charge >= 0.3 is 0 Å². The largest absolute Gasteiger partial charge is 0.507 e. The van der Waals surface area contributed by atoms with E-state index in [0.29, 0.717) is 12.2 Å². The van der Waals surface area contributed by atoms with Gasteiger partial charge in [-0.15, -0.1) is 0 Å². The van der Waals surface area contributed by atoms with Crippen LogP contribution in [-0.2, 0) is 6.42 Å². The molecule has 0 amide bonds. The van der Waals surface area contributed by atoms with E-state index in [1.54, 1.807) is 13.2 Å². The first-order valence-corrected chi connectivity index (χ1v) is 13.3. The molecule has 0 aromatic heterocycles. The Bertz CT molecular complexity index is 1210. The zero-order valence-electron chi connectivity index (χ0n) is 19.5. The van der Waals surface area contributed by atoms with Gasteiger partial charge in [0.25, 0.3) is 0 Å². The molecule has 0 spiro atoms. The molecule has 0 aliphatic carbocycles. The predicted molar refractivity (Wildman–Crippen MR) is 144 cm³/mol. The molecular formula is C30H29O3P. The van der Waals surface area contributed by atoms with Gasteiger partial charge in [0.05, 0.1) is 12.7 Å². The van der Waals surface area contributed by atoms with Crippen LogP contribution in [0.3, 0.4) is 0 Å². The van der Waals surface area contributed by atoms with E-state index in [0.717, 1.165) is 27.9 Å². The van der Waals surface area contributed by atoms with Crippen molar-refractivity contribution >= 4 is 34.4 Å². The van der Waals surface area contributed by atoms with Crippen molar-refractivity contribution in [1.29, 1.82) is 0 Å². The molecular weight excluding hydrogens is 439 g/mol. The number of hydrogen-bond acceptors (Lipinski definition) is 3. The van der Waals surface area contributed by atoms with Gasteiger partial charge in [-0.05, 0) is 52.7 Å². The van der Waals surface area contributed by atoms with Gasteiger partial charge in [0.2, 0.25) is 0 Å². The van der Waals surface area contributed by atoms with E-state index in [2.05, 4.69) is 36.4 Å².